The van der Waals surface area contributed by atoms with Crippen molar-refractivity contribution in [3.8, 4) is 0 Å². The van der Waals surface area contributed by atoms with Crippen LogP contribution < -0.4 is 0 Å². The lowest BCUT2D eigenvalue weighted by molar-refractivity contribution is -0.140. The van der Waals surface area contributed by atoms with Gasteiger partial charge >= 0.3 is 0 Å². The summed E-state index contributed by atoms with van der Waals surface area (Å²) in [5, 5.41) is 12.3. The molecule has 1 N–H and O–H groups in total. The highest BCUT2D eigenvalue weighted by molar-refractivity contribution is 5.98. The molecule has 9 nitrogen and oxygen atoms in total. The number of nitrogens with one attached hydrogen (secondary N) is 1. The molecular weight excluding hydrogens is 394 g/mol. The number of para-hydroxylation sites is 1. The molecule has 3 aromatic rings. The summed E-state index contributed by atoms with van der Waals surface area (Å²) in [7, 11) is 0. The Kier molecular flexibility index (Phi) is 5.17. The highest BCUT2D eigenvalue weighted by Crippen LogP contribution is 2.31. The van der Waals surface area contributed by atoms with Crippen molar-refractivity contribution in [1.82, 2.24) is 35.0 Å². The summed E-state index contributed by atoms with van der Waals surface area (Å²) in [6.45, 7) is 5.02. The molecule has 1 atom stereocenters. The van der Waals surface area contributed by atoms with Crippen molar-refractivity contribution < 1.29 is 9.59 Å². The molecule has 2 amide bonds. The SMILES string of the molecule is Cc1nnnn1CC(=O)N1CC(C2CCCCN(C(=O)c3cc4ccccc4[nH]3)C2)C1. The molecule has 0 bridgehead atoms. The van der Waals surface area contributed by atoms with E-state index in [2.05, 4.69) is 20.5 Å². The lowest BCUT2D eigenvalue weighted by atomic mass is 9.82. The average molecular weight is 422 g/mol. The van der Waals surface area contributed by atoms with Gasteiger partial charge in [0.1, 0.15) is 18.1 Å². The number of carbonyl (C=O) groups excluding carboxylic acids is 2. The zero-order valence-corrected chi connectivity index (χ0v) is 17.7. The number of rotatable bonds is 4. The molecule has 2 saturated heterocycles. The number of carbonyl (C=O) groups is 2. The van der Waals surface area contributed by atoms with Crippen molar-refractivity contribution in [2.75, 3.05) is 26.2 Å². The maximum Gasteiger partial charge on any atom is 0.270 e. The molecular formula is C22H27N7O2. The number of H-pyrrole nitrogens is 1. The van der Waals surface area contributed by atoms with Gasteiger partial charge in [0, 0.05) is 37.1 Å². The summed E-state index contributed by atoms with van der Waals surface area (Å²) >= 11 is 0. The van der Waals surface area contributed by atoms with E-state index >= 15 is 0 Å². The Balaban J connectivity index is 1.20. The van der Waals surface area contributed by atoms with Gasteiger partial charge < -0.3 is 14.8 Å². The highest BCUT2D eigenvalue weighted by atomic mass is 16.2. The number of hydrogen-bond donors (Lipinski definition) is 1. The Bertz CT molecular complexity index is 1070. The second kappa shape index (κ2) is 8.13. The minimum absolute atomic E-state index is 0.0475. The monoisotopic (exact) mass is 421 g/mol. The fourth-order valence-corrected chi connectivity index (χ4v) is 4.74. The fraction of sp³-hybridized carbons (Fsp3) is 0.500. The number of tetrazole rings is 1. The number of amides is 2. The second-order valence-corrected chi connectivity index (χ2v) is 8.72. The number of aryl methyl sites for hydroxylation is 1. The maximum atomic E-state index is 13.2. The summed E-state index contributed by atoms with van der Waals surface area (Å²) < 4.78 is 1.53. The Labute approximate surface area is 180 Å². The van der Waals surface area contributed by atoms with Crippen molar-refractivity contribution in [3.63, 3.8) is 0 Å². The Morgan fingerprint density at radius 2 is 1.90 bits per heavy atom. The molecule has 31 heavy (non-hydrogen) atoms. The average Bonchev–Trinajstić information content (AvgIpc) is 3.26. The van der Waals surface area contributed by atoms with E-state index in [0.29, 0.717) is 23.4 Å². The van der Waals surface area contributed by atoms with Crippen LogP contribution in [0.4, 0.5) is 0 Å². The Hall–Kier alpha value is -3.23. The van der Waals surface area contributed by atoms with E-state index in [1.807, 2.05) is 40.1 Å². The van der Waals surface area contributed by atoms with Crippen LogP contribution in [-0.2, 0) is 11.3 Å². The van der Waals surface area contributed by atoms with E-state index < -0.39 is 0 Å². The van der Waals surface area contributed by atoms with E-state index in [-0.39, 0.29) is 18.4 Å². The van der Waals surface area contributed by atoms with Crippen LogP contribution in [0.5, 0.6) is 0 Å². The largest absolute Gasteiger partial charge is 0.351 e. The second-order valence-electron chi connectivity index (χ2n) is 8.72. The first-order chi connectivity index (χ1) is 15.1. The number of nitrogens with zero attached hydrogens (tertiary/aromatic N) is 6. The molecule has 5 rings (SSSR count). The van der Waals surface area contributed by atoms with Crippen molar-refractivity contribution in [3.05, 3.63) is 41.9 Å². The van der Waals surface area contributed by atoms with Gasteiger partial charge in [-0.1, -0.05) is 24.6 Å². The van der Waals surface area contributed by atoms with Gasteiger partial charge in [-0.15, -0.1) is 5.10 Å². The first-order valence-electron chi connectivity index (χ1n) is 11.0. The van der Waals surface area contributed by atoms with E-state index in [1.165, 1.54) is 4.68 Å². The molecule has 1 aromatic carbocycles. The molecule has 2 aliphatic rings. The predicted octanol–water partition coefficient (Wildman–Crippen LogP) is 1.86. The predicted molar refractivity (Wildman–Crippen MR) is 114 cm³/mol. The summed E-state index contributed by atoms with van der Waals surface area (Å²) in [4.78, 5) is 32.9. The third-order valence-corrected chi connectivity index (χ3v) is 6.68. The molecule has 2 fully saturated rings. The van der Waals surface area contributed by atoms with Gasteiger partial charge in [0.2, 0.25) is 5.91 Å². The van der Waals surface area contributed by atoms with E-state index in [9.17, 15) is 9.59 Å². The summed E-state index contributed by atoms with van der Waals surface area (Å²) in [6, 6.07) is 9.91. The number of likely N-dealkylation sites (tertiary alicyclic amines) is 2. The lowest BCUT2D eigenvalue weighted by Gasteiger charge is -2.44. The molecule has 2 aromatic heterocycles. The van der Waals surface area contributed by atoms with Crippen molar-refractivity contribution in [1.29, 1.82) is 0 Å². The number of fused-ring (bicyclic) bond motifs is 1. The Morgan fingerprint density at radius 1 is 1.10 bits per heavy atom. The van der Waals surface area contributed by atoms with Gasteiger partial charge in [-0.2, -0.15) is 0 Å². The van der Waals surface area contributed by atoms with Crippen LogP contribution in [0.1, 0.15) is 35.6 Å². The van der Waals surface area contributed by atoms with Gasteiger partial charge in [-0.25, -0.2) is 4.68 Å². The molecule has 0 radical (unpaired) electrons. The molecule has 0 spiro atoms. The van der Waals surface area contributed by atoms with Crippen molar-refractivity contribution in [2.24, 2.45) is 11.8 Å². The van der Waals surface area contributed by atoms with Gasteiger partial charge in [0.15, 0.2) is 0 Å². The van der Waals surface area contributed by atoms with Crippen molar-refractivity contribution >= 4 is 22.7 Å². The molecule has 4 heterocycles. The maximum absolute atomic E-state index is 13.2. The van der Waals surface area contributed by atoms with Gasteiger partial charge in [-0.05, 0) is 54.2 Å². The zero-order chi connectivity index (χ0) is 21.4. The summed E-state index contributed by atoms with van der Waals surface area (Å²) in [5.41, 5.74) is 1.65. The number of aromatic nitrogens is 5. The van der Waals surface area contributed by atoms with E-state index in [4.69, 9.17) is 0 Å². The van der Waals surface area contributed by atoms with Gasteiger partial charge in [-0.3, -0.25) is 9.59 Å². The van der Waals surface area contributed by atoms with Crippen LogP contribution in [-0.4, -0.2) is 73.0 Å². The van der Waals surface area contributed by atoms with Crippen LogP contribution >= 0.6 is 0 Å². The van der Waals surface area contributed by atoms with Gasteiger partial charge in [0.05, 0.1) is 0 Å². The van der Waals surface area contributed by atoms with E-state index in [1.54, 1.807) is 6.92 Å². The lowest BCUT2D eigenvalue weighted by Crippen LogP contribution is -2.55. The molecule has 9 heteroatoms. The summed E-state index contributed by atoms with van der Waals surface area (Å²) in [6.07, 6.45) is 3.25. The smallest absolute Gasteiger partial charge is 0.270 e. The molecule has 0 aliphatic carbocycles. The number of benzene rings is 1. The molecule has 0 saturated carbocycles. The third kappa shape index (κ3) is 3.92. The Morgan fingerprint density at radius 3 is 2.68 bits per heavy atom. The molecule has 162 valence electrons. The first kappa shape index (κ1) is 19.7. The quantitative estimate of drug-likeness (QED) is 0.693. The topological polar surface area (TPSA) is 100 Å². The van der Waals surface area contributed by atoms with E-state index in [0.717, 1.165) is 56.3 Å². The normalized spacial score (nSPS) is 20.0. The fourth-order valence-electron chi connectivity index (χ4n) is 4.74. The van der Waals surface area contributed by atoms with Crippen LogP contribution in [0.2, 0.25) is 0 Å². The van der Waals surface area contributed by atoms with Crippen LogP contribution in [0, 0.1) is 18.8 Å². The number of aromatic amines is 1. The van der Waals surface area contributed by atoms with Crippen LogP contribution in [0.25, 0.3) is 10.9 Å². The highest BCUT2D eigenvalue weighted by Gasteiger charge is 2.38. The summed E-state index contributed by atoms with van der Waals surface area (Å²) in [5.74, 6) is 1.63. The van der Waals surface area contributed by atoms with Gasteiger partial charge in [0.25, 0.3) is 5.91 Å². The third-order valence-electron chi connectivity index (χ3n) is 6.68. The minimum atomic E-state index is 0.0475. The van der Waals surface area contributed by atoms with Crippen LogP contribution in [0.15, 0.2) is 30.3 Å². The standard InChI is InChI=1S/C22H27N7O2/c1-15-24-25-26-29(15)14-21(30)28-12-18(13-28)17-7-4-5-9-27(11-17)22(31)20-10-16-6-2-3-8-19(16)23-20/h2-3,6,8,10,17-18,23H,4-5,7,9,11-14H2,1H3. The molecule has 2 aliphatic heterocycles. The zero-order valence-electron chi connectivity index (χ0n) is 17.7. The van der Waals surface area contributed by atoms with Crippen molar-refractivity contribution in [2.45, 2.75) is 32.7 Å². The van der Waals surface area contributed by atoms with Crippen LogP contribution in [0.3, 0.4) is 0 Å². The number of hydrogen-bond acceptors (Lipinski definition) is 5. The minimum Gasteiger partial charge on any atom is -0.351 e. The molecule has 1 unspecified atom stereocenters. The first-order valence-corrected chi connectivity index (χ1v) is 11.0.